The molecule has 0 spiro atoms. The van der Waals surface area contributed by atoms with E-state index in [1.165, 1.54) is 24.1 Å². The Kier molecular flexibility index (Phi) is 16.5. The number of carbonyl (C=O) groups excluding carboxylic acids is 6. The molecular weight excluding hydrogens is 687 g/mol. The summed E-state index contributed by atoms with van der Waals surface area (Å²) in [5.74, 6) is -5.94. The van der Waals surface area contributed by atoms with Gasteiger partial charge in [0.2, 0.25) is 11.8 Å². The Morgan fingerprint density at radius 2 is 1.75 bits per heavy atom. The summed E-state index contributed by atoms with van der Waals surface area (Å²) in [6.07, 6.45) is 8.16. The maximum absolute atomic E-state index is 14.3. The monoisotopic (exact) mass is 740 g/mol. The molecule has 3 rings (SSSR count). The molecule has 2 heterocycles. The first-order valence-electron chi connectivity index (χ1n) is 18.1. The van der Waals surface area contributed by atoms with E-state index in [9.17, 15) is 43.4 Å². The predicted octanol–water partition coefficient (Wildman–Crippen LogP) is 3.14. The number of aliphatic hydroxyl groups excluding tert-OH is 1. The molecule has 7 atom stereocenters. The fourth-order valence-electron chi connectivity index (χ4n) is 6.32. The summed E-state index contributed by atoms with van der Waals surface area (Å²) in [6, 6.07) is -0.190. The zero-order chi connectivity index (χ0) is 39.2. The minimum absolute atomic E-state index is 0.0313. The van der Waals surface area contributed by atoms with E-state index in [1.54, 1.807) is 45.9 Å². The van der Waals surface area contributed by atoms with E-state index in [4.69, 9.17) is 4.74 Å². The van der Waals surface area contributed by atoms with Crippen LogP contribution in [0.15, 0.2) is 54.2 Å². The maximum Gasteiger partial charge on any atom is 0.325 e. The van der Waals surface area contributed by atoms with Crippen molar-refractivity contribution in [3.05, 3.63) is 65.5 Å². The Balaban J connectivity index is 2.06. The molecular formula is C39H53FN4O9. The molecule has 2 aliphatic rings. The number of cyclic esters (lactones) is 1. The van der Waals surface area contributed by atoms with Gasteiger partial charge in [0.15, 0.2) is 0 Å². The average Bonchev–Trinajstić information content (AvgIpc) is 3.09. The number of benzene rings is 1. The molecule has 1 fully saturated rings. The Morgan fingerprint density at radius 1 is 1.06 bits per heavy atom. The number of halogens is 1. The molecule has 290 valence electrons. The van der Waals surface area contributed by atoms with Crippen LogP contribution in [-0.2, 0) is 39.9 Å². The van der Waals surface area contributed by atoms with E-state index in [0.29, 0.717) is 31.1 Å². The molecule has 14 heteroatoms. The van der Waals surface area contributed by atoms with Gasteiger partial charge in [-0.05, 0) is 80.7 Å². The second-order valence-corrected chi connectivity index (χ2v) is 14.2. The molecule has 5 N–H and O–H groups in total. The van der Waals surface area contributed by atoms with Crippen LogP contribution in [-0.4, -0.2) is 87.9 Å². The number of carbonyl (C=O) groups is 6. The molecule has 1 aromatic rings. The van der Waals surface area contributed by atoms with E-state index in [1.807, 2.05) is 6.08 Å². The Labute approximate surface area is 310 Å². The van der Waals surface area contributed by atoms with Crippen LogP contribution in [0.3, 0.4) is 0 Å². The van der Waals surface area contributed by atoms with Gasteiger partial charge in [0.1, 0.15) is 47.9 Å². The number of aldehydes is 1. The van der Waals surface area contributed by atoms with Crippen LogP contribution in [0.4, 0.5) is 4.39 Å². The number of esters is 1. The molecule has 53 heavy (non-hydrogen) atoms. The lowest BCUT2D eigenvalue weighted by Gasteiger charge is -2.36. The van der Waals surface area contributed by atoms with Gasteiger partial charge in [0.05, 0.1) is 12.0 Å². The lowest BCUT2D eigenvalue weighted by molar-refractivity contribution is -0.156. The third-order valence-electron chi connectivity index (χ3n) is 9.46. The largest absolute Gasteiger partial charge is 0.508 e. The van der Waals surface area contributed by atoms with Crippen molar-refractivity contribution in [2.45, 2.75) is 110 Å². The van der Waals surface area contributed by atoms with Gasteiger partial charge in [0, 0.05) is 31.9 Å². The number of hydrogen-bond donors (Lipinski definition) is 5. The number of aromatic hydroxyl groups is 1. The molecule has 6 unspecified atom stereocenters. The van der Waals surface area contributed by atoms with Gasteiger partial charge in [0.25, 0.3) is 5.91 Å². The first-order chi connectivity index (χ1) is 25.1. The number of amides is 3. The zero-order valence-electron chi connectivity index (χ0n) is 31.0. The van der Waals surface area contributed by atoms with E-state index < -0.39 is 77.6 Å². The van der Waals surface area contributed by atoms with Crippen LogP contribution < -0.4 is 16.1 Å². The number of fused-ring (bicyclic) bond motifs is 2. The highest BCUT2D eigenvalue weighted by molar-refractivity contribution is 5.93. The van der Waals surface area contributed by atoms with Crippen molar-refractivity contribution in [1.82, 2.24) is 21.1 Å². The molecule has 1 aromatic carbocycles. The molecule has 13 nitrogen and oxygen atoms in total. The number of nitrogens with zero attached hydrogens (tertiary/aromatic N) is 1. The standard InChI is InChI=1S/C39H53FN4O9/c1-23(2)34-37(50)41-32(21-27-19-28(40)22-29(47)20-27)38(51)44-17-10-12-31(43-44)39(52)53-33(24(3)16-18-45)13-9-7-6-8-11-25(4)35(48)30(36(49)42-34)15-14-26(5)46/h6-9,16,18-20,22-23,25,30-35,43,47-48H,10-15,17,21H2,1-5H3,(H,41,50)(H,42,49)/b8-6+,9-7+,24-16+/t25?,30?,31?,32?,33-,34?,35?/m0/s1. The van der Waals surface area contributed by atoms with Crippen molar-refractivity contribution in [1.29, 1.82) is 0 Å². The highest BCUT2D eigenvalue weighted by atomic mass is 19.1. The van der Waals surface area contributed by atoms with Gasteiger partial charge in [-0.3, -0.25) is 29.0 Å². The number of allylic oxidation sites excluding steroid dienone is 4. The molecule has 0 saturated carbocycles. The van der Waals surface area contributed by atoms with Gasteiger partial charge in [-0.1, -0.05) is 45.1 Å². The SMILES string of the molecule is CC(=O)CCC1C(=O)NC(C(C)C)C(=O)NC(Cc2cc(O)cc(F)c2)C(=O)N2CCCC(N2)C(=O)O[C@H](/C(C)=C/C=O)C/C=C/C=C/CC(C)C1O. The number of ether oxygens (including phenoxy) is 1. The molecule has 0 radical (unpaired) electrons. The lowest BCUT2D eigenvalue weighted by atomic mass is 9.85. The van der Waals surface area contributed by atoms with Crippen molar-refractivity contribution in [2.24, 2.45) is 17.8 Å². The average molecular weight is 741 g/mol. The number of Topliss-reactive ketones (excluding diaryl/α,β-unsaturated/α-hetero) is 1. The molecule has 1 saturated heterocycles. The summed E-state index contributed by atoms with van der Waals surface area (Å²) in [4.78, 5) is 78.5. The van der Waals surface area contributed by atoms with E-state index >= 15 is 0 Å². The molecule has 2 aliphatic heterocycles. The third kappa shape index (κ3) is 13.0. The van der Waals surface area contributed by atoms with E-state index in [-0.39, 0.29) is 49.3 Å². The van der Waals surface area contributed by atoms with Crippen LogP contribution in [0.5, 0.6) is 5.75 Å². The van der Waals surface area contributed by atoms with Crippen LogP contribution in [0.1, 0.15) is 78.7 Å². The summed E-state index contributed by atoms with van der Waals surface area (Å²) < 4.78 is 20.1. The molecule has 0 aromatic heterocycles. The van der Waals surface area contributed by atoms with Crippen LogP contribution in [0.2, 0.25) is 0 Å². The number of phenolic OH excluding ortho intramolecular Hbond substituents is 1. The molecule has 2 bridgehead atoms. The first-order valence-corrected chi connectivity index (χ1v) is 18.1. The predicted molar refractivity (Wildman–Crippen MR) is 194 cm³/mol. The summed E-state index contributed by atoms with van der Waals surface area (Å²) in [5.41, 5.74) is 3.61. The van der Waals surface area contributed by atoms with Gasteiger partial charge >= 0.3 is 5.97 Å². The summed E-state index contributed by atoms with van der Waals surface area (Å²) in [6.45, 7) is 8.36. The molecule has 3 amide bonds. The fourth-order valence-corrected chi connectivity index (χ4v) is 6.32. The number of phenols is 1. The van der Waals surface area contributed by atoms with Crippen molar-refractivity contribution in [3.8, 4) is 5.75 Å². The second-order valence-electron chi connectivity index (χ2n) is 14.2. The quantitative estimate of drug-likeness (QED) is 0.150. The second kappa shape index (κ2) is 20.5. The topological polar surface area (TPSA) is 191 Å². The van der Waals surface area contributed by atoms with Gasteiger partial charge < -0.3 is 30.4 Å². The van der Waals surface area contributed by atoms with Gasteiger partial charge in [-0.2, -0.15) is 0 Å². The van der Waals surface area contributed by atoms with Gasteiger partial charge in [-0.15, -0.1) is 0 Å². The van der Waals surface area contributed by atoms with Crippen molar-refractivity contribution < 1.29 is 48.1 Å². The zero-order valence-corrected chi connectivity index (χ0v) is 31.0. The van der Waals surface area contributed by atoms with Gasteiger partial charge in [-0.25, -0.2) is 9.82 Å². The fraction of sp³-hybridized carbons (Fsp3) is 0.538. The number of aliphatic hydroxyl groups is 1. The highest BCUT2D eigenvalue weighted by Gasteiger charge is 2.38. The van der Waals surface area contributed by atoms with Crippen LogP contribution in [0.25, 0.3) is 0 Å². The van der Waals surface area contributed by atoms with E-state index in [0.717, 1.165) is 12.1 Å². The smallest absolute Gasteiger partial charge is 0.325 e. The minimum atomic E-state index is -1.34. The maximum atomic E-state index is 14.3. The lowest BCUT2D eigenvalue weighted by Crippen LogP contribution is -2.62. The number of ketones is 1. The summed E-state index contributed by atoms with van der Waals surface area (Å²) >= 11 is 0. The van der Waals surface area contributed by atoms with Crippen molar-refractivity contribution in [3.63, 3.8) is 0 Å². The Bertz CT molecular complexity index is 1560. The summed E-state index contributed by atoms with van der Waals surface area (Å²) in [5, 5.41) is 28.0. The Morgan fingerprint density at radius 3 is 2.40 bits per heavy atom. The number of nitrogens with one attached hydrogen (secondary N) is 3. The highest BCUT2D eigenvalue weighted by Crippen LogP contribution is 2.24. The Hall–Kier alpha value is -4.69. The first kappa shape index (κ1) is 42.7. The van der Waals surface area contributed by atoms with E-state index in [2.05, 4.69) is 16.1 Å². The number of hydrogen-bond acceptors (Lipinski definition) is 10. The normalized spacial score (nSPS) is 28.5. The van der Waals surface area contributed by atoms with Crippen LogP contribution >= 0.6 is 0 Å². The summed E-state index contributed by atoms with van der Waals surface area (Å²) in [7, 11) is 0. The molecule has 0 aliphatic carbocycles. The third-order valence-corrected chi connectivity index (χ3v) is 9.46. The minimum Gasteiger partial charge on any atom is -0.508 e. The number of rotatable bonds is 8. The van der Waals surface area contributed by atoms with Crippen molar-refractivity contribution in [2.75, 3.05) is 6.54 Å². The van der Waals surface area contributed by atoms with Crippen LogP contribution in [0, 0.1) is 23.6 Å². The number of hydrazine groups is 1. The van der Waals surface area contributed by atoms with Crippen molar-refractivity contribution >= 4 is 35.8 Å².